The number of thioether (sulfide) groups is 1. The summed E-state index contributed by atoms with van der Waals surface area (Å²) in [6.07, 6.45) is 0. The molecule has 0 aliphatic carbocycles. The first-order valence-corrected chi connectivity index (χ1v) is 8.66. The zero-order valence-corrected chi connectivity index (χ0v) is 16.6. The standard InChI is InChI=1S/C18H30OS2/c1-16(2,3)13-10-12(21-18(7,8)20)11-14(15(13)19-9)17(4,5)6/h10-11,20H,1-9H3. The molecule has 0 atom stereocenters. The molecule has 0 aromatic heterocycles. The van der Waals surface area contributed by atoms with Crippen molar-refractivity contribution in [1.29, 1.82) is 0 Å². The molecule has 0 N–H and O–H groups in total. The fourth-order valence-corrected chi connectivity index (χ4v) is 3.53. The summed E-state index contributed by atoms with van der Waals surface area (Å²) in [6, 6.07) is 4.52. The van der Waals surface area contributed by atoms with Gasteiger partial charge in [0.2, 0.25) is 0 Å². The molecule has 1 aromatic rings. The third-order valence-corrected chi connectivity index (χ3v) is 4.50. The summed E-state index contributed by atoms with van der Waals surface area (Å²) in [5, 5.41) is 0. The van der Waals surface area contributed by atoms with Crippen LogP contribution in [0.25, 0.3) is 0 Å². The van der Waals surface area contributed by atoms with E-state index in [1.54, 1.807) is 18.9 Å². The molecule has 0 radical (unpaired) electrons. The van der Waals surface area contributed by atoms with E-state index in [2.05, 4.69) is 80.2 Å². The molecule has 0 saturated heterocycles. The Bertz CT molecular complexity index is 464. The Kier molecular flexibility index (Phi) is 5.43. The normalized spacial score (nSPS) is 13.4. The molecule has 0 saturated carbocycles. The molecule has 0 fully saturated rings. The number of benzene rings is 1. The van der Waals surface area contributed by atoms with Crippen LogP contribution in [-0.4, -0.2) is 11.2 Å². The highest BCUT2D eigenvalue weighted by Gasteiger charge is 2.28. The van der Waals surface area contributed by atoms with Crippen molar-refractivity contribution in [3.05, 3.63) is 23.3 Å². The summed E-state index contributed by atoms with van der Waals surface area (Å²) >= 11 is 6.45. The molecule has 3 heteroatoms. The summed E-state index contributed by atoms with van der Waals surface area (Å²) < 4.78 is 5.69. The summed E-state index contributed by atoms with van der Waals surface area (Å²) in [7, 11) is 1.77. The van der Waals surface area contributed by atoms with E-state index in [4.69, 9.17) is 4.74 Å². The summed E-state index contributed by atoms with van der Waals surface area (Å²) in [6.45, 7) is 17.6. The van der Waals surface area contributed by atoms with Crippen LogP contribution in [0.2, 0.25) is 0 Å². The van der Waals surface area contributed by atoms with Crippen LogP contribution in [0.5, 0.6) is 5.75 Å². The highest BCUT2D eigenvalue weighted by molar-refractivity contribution is 8.11. The van der Waals surface area contributed by atoms with Crippen molar-refractivity contribution in [3.8, 4) is 5.75 Å². The van der Waals surface area contributed by atoms with Crippen LogP contribution in [0.4, 0.5) is 0 Å². The molecule has 0 aliphatic rings. The summed E-state index contributed by atoms with van der Waals surface area (Å²) in [5.41, 5.74) is 2.61. The van der Waals surface area contributed by atoms with Crippen LogP contribution in [0, 0.1) is 0 Å². The monoisotopic (exact) mass is 326 g/mol. The maximum absolute atomic E-state index is 5.79. The average molecular weight is 327 g/mol. The van der Waals surface area contributed by atoms with E-state index >= 15 is 0 Å². The van der Waals surface area contributed by atoms with Crippen molar-refractivity contribution in [1.82, 2.24) is 0 Å². The second-order valence-electron chi connectivity index (χ2n) is 8.10. The van der Waals surface area contributed by atoms with E-state index in [1.807, 2.05) is 0 Å². The lowest BCUT2D eigenvalue weighted by Crippen LogP contribution is -2.19. The summed E-state index contributed by atoms with van der Waals surface area (Å²) in [5.74, 6) is 1.02. The third kappa shape index (κ3) is 5.14. The number of hydrogen-bond acceptors (Lipinski definition) is 3. The van der Waals surface area contributed by atoms with Crippen LogP contribution < -0.4 is 4.74 Å². The smallest absolute Gasteiger partial charge is 0.126 e. The van der Waals surface area contributed by atoms with Crippen molar-refractivity contribution < 1.29 is 4.74 Å². The van der Waals surface area contributed by atoms with Crippen molar-refractivity contribution in [2.24, 2.45) is 0 Å². The highest BCUT2D eigenvalue weighted by Crippen LogP contribution is 2.45. The van der Waals surface area contributed by atoms with Crippen molar-refractivity contribution in [3.63, 3.8) is 0 Å². The van der Waals surface area contributed by atoms with Gasteiger partial charge in [0.1, 0.15) is 5.75 Å². The topological polar surface area (TPSA) is 9.23 Å². The molecule has 0 bridgehead atoms. The number of thiol groups is 1. The van der Waals surface area contributed by atoms with Gasteiger partial charge in [-0.05, 0) is 36.8 Å². The van der Waals surface area contributed by atoms with Crippen molar-refractivity contribution in [2.75, 3.05) is 7.11 Å². The Morgan fingerprint density at radius 3 is 1.48 bits per heavy atom. The van der Waals surface area contributed by atoms with Crippen LogP contribution >= 0.6 is 24.4 Å². The number of ether oxygens (including phenoxy) is 1. The second kappa shape index (κ2) is 6.08. The molecule has 0 spiro atoms. The zero-order valence-electron chi connectivity index (χ0n) is 14.9. The van der Waals surface area contributed by atoms with Gasteiger partial charge in [-0.1, -0.05) is 41.5 Å². The van der Waals surface area contributed by atoms with Crippen LogP contribution in [0.15, 0.2) is 17.0 Å². The molecule has 0 unspecified atom stereocenters. The first kappa shape index (κ1) is 18.8. The second-order valence-corrected chi connectivity index (χ2v) is 11.2. The van der Waals surface area contributed by atoms with Gasteiger partial charge in [0.05, 0.1) is 11.2 Å². The van der Waals surface area contributed by atoms with E-state index in [1.165, 1.54) is 16.0 Å². The van der Waals surface area contributed by atoms with Crippen LogP contribution in [0.3, 0.4) is 0 Å². The average Bonchev–Trinajstić information content (AvgIpc) is 2.23. The SMILES string of the molecule is COc1c(C(C)(C)C)cc(SC(C)(C)S)cc1C(C)(C)C. The van der Waals surface area contributed by atoms with Gasteiger partial charge in [-0.15, -0.1) is 11.8 Å². The van der Waals surface area contributed by atoms with Gasteiger partial charge in [0.15, 0.2) is 0 Å². The number of methoxy groups -OCH3 is 1. The summed E-state index contributed by atoms with van der Waals surface area (Å²) in [4.78, 5) is 1.26. The minimum Gasteiger partial charge on any atom is -0.496 e. The largest absolute Gasteiger partial charge is 0.496 e. The van der Waals surface area contributed by atoms with Crippen LogP contribution in [0.1, 0.15) is 66.5 Å². The Balaban J connectivity index is 3.59. The lowest BCUT2D eigenvalue weighted by molar-refractivity contribution is 0.380. The molecule has 1 nitrogen and oxygen atoms in total. The molecule has 0 amide bonds. The van der Waals surface area contributed by atoms with Gasteiger partial charge in [0.25, 0.3) is 0 Å². The lowest BCUT2D eigenvalue weighted by atomic mass is 9.79. The van der Waals surface area contributed by atoms with Gasteiger partial charge in [-0.2, -0.15) is 12.6 Å². The molecule has 0 aliphatic heterocycles. The van der Waals surface area contributed by atoms with Gasteiger partial charge >= 0.3 is 0 Å². The van der Waals surface area contributed by atoms with E-state index in [9.17, 15) is 0 Å². The third-order valence-electron chi connectivity index (χ3n) is 3.25. The molecule has 21 heavy (non-hydrogen) atoms. The van der Waals surface area contributed by atoms with E-state index < -0.39 is 0 Å². The number of rotatable bonds is 3. The molecular formula is C18H30OS2. The van der Waals surface area contributed by atoms with Crippen LogP contribution in [-0.2, 0) is 10.8 Å². The molecular weight excluding hydrogens is 296 g/mol. The fourth-order valence-electron chi connectivity index (χ4n) is 2.28. The quantitative estimate of drug-likeness (QED) is 0.411. The van der Waals surface area contributed by atoms with E-state index in [0.717, 1.165) is 5.75 Å². The maximum Gasteiger partial charge on any atom is 0.126 e. The Morgan fingerprint density at radius 1 is 0.857 bits per heavy atom. The highest BCUT2D eigenvalue weighted by atomic mass is 32.2. The molecule has 1 aromatic carbocycles. The number of hydrogen-bond donors (Lipinski definition) is 1. The maximum atomic E-state index is 5.79. The molecule has 0 heterocycles. The molecule has 1 rings (SSSR count). The predicted octanol–water partition coefficient (Wildman–Crippen LogP) is 6.05. The van der Waals surface area contributed by atoms with Gasteiger partial charge in [0, 0.05) is 16.0 Å². The molecule has 120 valence electrons. The minimum atomic E-state index is -0.0983. The van der Waals surface area contributed by atoms with E-state index in [-0.39, 0.29) is 14.9 Å². The van der Waals surface area contributed by atoms with Gasteiger partial charge in [-0.25, -0.2) is 0 Å². The van der Waals surface area contributed by atoms with E-state index in [0.29, 0.717) is 0 Å². The first-order valence-electron chi connectivity index (χ1n) is 7.40. The lowest BCUT2D eigenvalue weighted by Gasteiger charge is -2.30. The minimum absolute atomic E-state index is 0.0443. The van der Waals surface area contributed by atoms with Crippen molar-refractivity contribution >= 4 is 24.4 Å². The Labute approximate surface area is 140 Å². The fraction of sp³-hybridized carbons (Fsp3) is 0.667. The van der Waals surface area contributed by atoms with Gasteiger partial charge < -0.3 is 4.74 Å². The van der Waals surface area contributed by atoms with Gasteiger partial charge in [-0.3, -0.25) is 0 Å². The van der Waals surface area contributed by atoms with Crippen molar-refractivity contribution in [2.45, 2.75) is 75.2 Å². The zero-order chi connectivity index (χ0) is 16.6. The Morgan fingerprint density at radius 2 is 1.24 bits per heavy atom. The Hall–Kier alpha value is -0.280. The first-order chi connectivity index (χ1) is 9.25. The predicted molar refractivity (Wildman–Crippen MR) is 99.3 cm³/mol.